The fourth-order valence-electron chi connectivity index (χ4n) is 5.14. The van der Waals surface area contributed by atoms with E-state index in [-0.39, 0.29) is 24.9 Å². The van der Waals surface area contributed by atoms with Gasteiger partial charge in [0.15, 0.2) is 0 Å². The number of benzene rings is 2. The molecule has 1 fully saturated rings. The monoisotopic (exact) mass is 464 g/mol. The number of aliphatic carboxylic acids is 1. The van der Waals surface area contributed by atoms with Gasteiger partial charge in [0, 0.05) is 18.4 Å². The van der Waals surface area contributed by atoms with Gasteiger partial charge in [0.25, 0.3) is 0 Å². The van der Waals surface area contributed by atoms with Crippen molar-refractivity contribution in [2.75, 3.05) is 6.61 Å². The van der Waals surface area contributed by atoms with Gasteiger partial charge in [-0.1, -0.05) is 61.4 Å². The first-order valence-electron chi connectivity index (χ1n) is 11.9. The molecule has 2 aromatic carbocycles. The molecule has 180 valence electrons. The van der Waals surface area contributed by atoms with Crippen LogP contribution in [0.25, 0.3) is 11.1 Å². The maximum atomic E-state index is 12.8. The average Bonchev–Trinajstić information content (AvgIpc) is 3.44. The molecule has 2 aliphatic rings. The number of rotatable bonds is 8. The van der Waals surface area contributed by atoms with Gasteiger partial charge < -0.3 is 20.5 Å². The number of carboxylic acid groups (broad SMARTS) is 1. The molecular formula is C27H32N2O5. The lowest BCUT2D eigenvalue weighted by Gasteiger charge is -2.27. The SMILES string of the molecule is CC(C)(NC(=O)CC(NC(=O)OCC1c2ccccc2-c2ccccc21)C1CCCC1)C(=O)O. The molecule has 2 amide bonds. The van der Waals surface area contributed by atoms with Crippen LogP contribution in [0.3, 0.4) is 0 Å². The van der Waals surface area contributed by atoms with Crippen molar-refractivity contribution in [2.45, 2.75) is 63.5 Å². The molecule has 1 unspecified atom stereocenters. The summed E-state index contributed by atoms with van der Waals surface area (Å²) in [4.78, 5) is 36.8. The fourth-order valence-corrected chi connectivity index (χ4v) is 5.14. The lowest BCUT2D eigenvalue weighted by molar-refractivity contribution is -0.146. The molecule has 0 spiro atoms. The van der Waals surface area contributed by atoms with Crippen LogP contribution >= 0.6 is 0 Å². The van der Waals surface area contributed by atoms with Crippen LogP contribution in [0.5, 0.6) is 0 Å². The molecule has 0 aliphatic heterocycles. The van der Waals surface area contributed by atoms with Crippen molar-refractivity contribution in [3.05, 3.63) is 59.7 Å². The zero-order valence-electron chi connectivity index (χ0n) is 19.7. The lowest BCUT2D eigenvalue weighted by Crippen LogP contribution is -2.52. The number of carbonyl (C=O) groups is 3. The van der Waals surface area contributed by atoms with Crippen molar-refractivity contribution in [2.24, 2.45) is 5.92 Å². The van der Waals surface area contributed by atoms with Crippen molar-refractivity contribution in [3.63, 3.8) is 0 Å². The summed E-state index contributed by atoms with van der Waals surface area (Å²) in [7, 11) is 0. The maximum Gasteiger partial charge on any atom is 0.407 e. The van der Waals surface area contributed by atoms with Crippen LogP contribution in [0.1, 0.15) is 63.0 Å². The Morgan fingerprint density at radius 1 is 1.00 bits per heavy atom. The first-order valence-corrected chi connectivity index (χ1v) is 11.9. The van der Waals surface area contributed by atoms with Gasteiger partial charge in [-0.2, -0.15) is 0 Å². The highest BCUT2D eigenvalue weighted by Crippen LogP contribution is 2.44. The molecule has 34 heavy (non-hydrogen) atoms. The summed E-state index contributed by atoms with van der Waals surface area (Å²) < 4.78 is 5.67. The number of hydrogen-bond donors (Lipinski definition) is 3. The highest BCUT2D eigenvalue weighted by molar-refractivity contribution is 5.86. The smallest absolute Gasteiger partial charge is 0.407 e. The second-order valence-corrected chi connectivity index (χ2v) is 9.80. The summed E-state index contributed by atoms with van der Waals surface area (Å²) in [5.41, 5.74) is 3.22. The Morgan fingerprint density at radius 2 is 1.56 bits per heavy atom. The summed E-state index contributed by atoms with van der Waals surface area (Å²) in [5.74, 6) is -1.38. The van der Waals surface area contributed by atoms with Gasteiger partial charge in [-0.15, -0.1) is 0 Å². The van der Waals surface area contributed by atoms with Gasteiger partial charge in [-0.3, -0.25) is 4.79 Å². The van der Waals surface area contributed by atoms with Gasteiger partial charge in [-0.05, 0) is 54.9 Å². The summed E-state index contributed by atoms with van der Waals surface area (Å²) in [5, 5.41) is 14.7. The van der Waals surface area contributed by atoms with Gasteiger partial charge in [0.2, 0.25) is 5.91 Å². The molecule has 4 rings (SSSR count). The summed E-state index contributed by atoms with van der Waals surface area (Å²) in [6, 6.07) is 15.9. The summed E-state index contributed by atoms with van der Waals surface area (Å²) >= 11 is 0. The van der Waals surface area contributed by atoms with Crippen LogP contribution in [0.2, 0.25) is 0 Å². The predicted molar refractivity (Wildman–Crippen MR) is 128 cm³/mol. The largest absolute Gasteiger partial charge is 0.480 e. The number of amides is 2. The summed E-state index contributed by atoms with van der Waals surface area (Å²) in [6.07, 6.45) is 3.41. The van der Waals surface area contributed by atoms with E-state index in [9.17, 15) is 19.5 Å². The fraction of sp³-hybridized carbons (Fsp3) is 0.444. The first kappa shape index (κ1) is 23.8. The van der Waals surface area contributed by atoms with Gasteiger partial charge in [-0.25, -0.2) is 9.59 Å². The number of ether oxygens (including phenoxy) is 1. The standard InChI is InChI=1S/C27H32N2O5/c1-27(2,25(31)32)29-24(30)15-23(17-9-3-4-10-17)28-26(33)34-16-22-20-13-7-5-11-18(20)19-12-6-8-14-21(19)22/h5-8,11-14,17,22-23H,3-4,9-10,15-16H2,1-2H3,(H,28,33)(H,29,30)(H,31,32). The Kier molecular flexibility index (Phi) is 6.91. The number of fused-ring (bicyclic) bond motifs is 3. The van der Waals surface area contributed by atoms with Crippen molar-refractivity contribution < 1.29 is 24.2 Å². The minimum absolute atomic E-state index is 0.0194. The molecular weight excluding hydrogens is 432 g/mol. The molecule has 2 aliphatic carbocycles. The topological polar surface area (TPSA) is 105 Å². The third-order valence-electron chi connectivity index (χ3n) is 7.01. The number of hydrogen-bond acceptors (Lipinski definition) is 4. The molecule has 7 heteroatoms. The Labute approximate surface area is 199 Å². The van der Waals surface area contributed by atoms with E-state index in [0.717, 1.165) is 47.9 Å². The van der Waals surface area contributed by atoms with E-state index in [1.54, 1.807) is 0 Å². The van der Waals surface area contributed by atoms with Crippen LogP contribution in [0.4, 0.5) is 4.79 Å². The number of alkyl carbamates (subject to hydrolysis) is 1. The van der Waals surface area contributed by atoms with Gasteiger partial charge in [0.1, 0.15) is 12.1 Å². The lowest BCUT2D eigenvalue weighted by atomic mass is 9.94. The molecule has 3 N–H and O–H groups in total. The number of carboxylic acids is 1. The van der Waals surface area contributed by atoms with Crippen molar-refractivity contribution in [1.82, 2.24) is 10.6 Å². The van der Waals surface area contributed by atoms with Gasteiger partial charge >= 0.3 is 12.1 Å². The van der Waals surface area contributed by atoms with E-state index in [1.807, 2.05) is 24.3 Å². The molecule has 7 nitrogen and oxygen atoms in total. The maximum absolute atomic E-state index is 12.8. The Hall–Kier alpha value is -3.35. The van der Waals surface area contributed by atoms with Crippen LogP contribution in [0, 0.1) is 5.92 Å². The summed E-state index contributed by atoms with van der Waals surface area (Å²) in [6.45, 7) is 3.09. The highest BCUT2D eigenvalue weighted by atomic mass is 16.5. The molecule has 0 aromatic heterocycles. The first-order chi connectivity index (χ1) is 16.3. The van der Waals surface area contributed by atoms with E-state index in [0.29, 0.717) is 0 Å². The third kappa shape index (κ3) is 5.08. The van der Waals surface area contributed by atoms with E-state index >= 15 is 0 Å². The van der Waals surface area contributed by atoms with Crippen LogP contribution < -0.4 is 10.6 Å². The molecule has 2 aromatic rings. The molecule has 0 heterocycles. The Balaban J connectivity index is 1.41. The minimum Gasteiger partial charge on any atom is -0.480 e. The number of carbonyl (C=O) groups excluding carboxylic acids is 2. The second kappa shape index (κ2) is 9.87. The Bertz CT molecular complexity index is 1030. The Morgan fingerprint density at radius 3 is 2.12 bits per heavy atom. The molecule has 0 radical (unpaired) electrons. The molecule has 0 bridgehead atoms. The van der Waals surface area contributed by atoms with E-state index < -0.39 is 29.6 Å². The van der Waals surface area contributed by atoms with Crippen LogP contribution in [-0.2, 0) is 14.3 Å². The zero-order valence-corrected chi connectivity index (χ0v) is 19.7. The van der Waals surface area contributed by atoms with Crippen molar-refractivity contribution in [3.8, 4) is 11.1 Å². The minimum atomic E-state index is -1.37. The van der Waals surface area contributed by atoms with Gasteiger partial charge in [0.05, 0.1) is 0 Å². The molecule has 1 saturated carbocycles. The van der Waals surface area contributed by atoms with Crippen LogP contribution in [-0.4, -0.2) is 41.3 Å². The third-order valence-corrected chi connectivity index (χ3v) is 7.01. The van der Waals surface area contributed by atoms with E-state index in [4.69, 9.17) is 4.74 Å². The van der Waals surface area contributed by atoms with Crippen molar-refractivity contribution in [1.29, 1.82) is 0 Å². The van der Waals surface area contributed by atoms with E-state index in [2.05, 4.69) is 34.9 Å². The predicted octanol–water partition coefficient (Wildman–Crippen LogP) is 4.45. The zero-order chi connectivity index (χ0) is 24.3. The van der Waals surface area contributed by atoms with E-state index in [1.165, 1.54) is 13.8 Å². The highest BCUT2D eigenvalue weighted by Gasteiger charge is 2.34. The number of nitrogens with one attached hydrogen (secondary N) is 2. The van der Waals surface area contributed by atoms with Crippen molar-refractivity contribution >= 4 is 18.0 Å². The average molecular weight is 465 g/mol. The molecule has 0 saturated heterocycles. The molecule has 1 atom stereocenters. The van der Waals surface area contributed by atoms with Crippen LogP contribution in [0.15, 0.2) is 48.5 Å². The second-order valence-electron chi connectivity index (χ2n) is 9.80. The quantitative estimate of drug-likeness (QED) is 0.535. The normalized spacial score (nSPS) is 16.4.